The molecule has 1 saturated heterocycles. The lowest BCUT2D eigenvalue weighted by Gasteiger charge is -2.38. The molecule has 3 heterocycles. The van der Waals surface area contributed by atoms with Crippen LogP contribution in [0.15, 0.2) is 23.2 Å². The summed E-state index contributed by atoms with van der Waals surface area (Å²) in [7, 11) is -1.67. The molecule has 0 radical (unpaired) electrons. The van der Waals surface area contributed by atoms with Crippen LogP contribution in [0.4, 0.5) is 28.0 Å². The van der Waals surface area contributed by atoms with Gasteiger partial charge in [0.05, 0.1) is 23.2 Å². The number of urea groups is 1. The van der Waals surface area contributed by atoms with E-state index in [-0.39, 0.29) is 23.1 Å². The molecule has 34 heavy (non-hydrogen) atoms. The number of alkyl halides is 4. The normalized spacial score (nSPS) is 14.7. The average molecular weight is 522 g/mol. The van der Waals surface area contributed by atoms with E-state index in [2.05, 4.69) is 15.3 Å². The molecule has 1 aromatic carbocycles. The minimum absolute atomic E-state index is 0.00646. The SMILES string of the molecule is CN(CC(F)F)C(=O)N1CCN(c2cc([SH](=O)=O)cc3c2cnn3-c2nnc(C(F)F)s2)CC1. The molecule has 184 valence electrons. The summed E-state index contributed by atoms with van der Waals surface area (Å²) in [6.07, 6.45) is -3.96. The van der Waals surface area contributed by atoms with Crippen LogP contribution in [0.3, 0.4) is 0 Å². The molecule has 2 amide bonds. The number of halogens is 4. The highest BCUT2D eigenvalue weighted by Crippen LogP contribution is 2.33. The number of thiol groups is 1. The Morgan fingerprint density at radius 1 is 1.15 bits per heavy atom. The van der Waals surface area contributed by atoms with Crippen LogP contribution in [0.1, 0.15) is 11.4 Å². The molecule has 0 saturated carbocycles. The number of amides is 2. The fourth-order valence-corrected chi connectivity index (χ4v) is 4.81. The van der Waals surface area contributed by atoms with E-state index in [1.807, 2.05) is 4.90 Å². The Labute approximate surface area is 196 Å². The molecule has 1 aliphatic rings. The Morgan fingerprint density at radius 3 is 2.44 bits per heavy atom. The number of rotatable bonds is 6. The van der Waals surface area contributed by atoms with Crippen LogP contribution >= 0.6 is 11.3 Å². The van der Waals surface area contributed by atoms with Crippen LogP contribution in [-0.4, -0.2) is 90.4 Å². The van der Waals surface area contributed by atoms with Gasteiger partial charge in [0.25, 0.3) is 12.9 Å². The highest BCUT2D eigenvalue weighted by atomic mass is 32.2. The molecule has 0 spiro atoms. The molecule has 0 N–H and O–H groups in total. The lowest BCUT2D eigenvalue weighted by Crippen LogP contribution is -2.52. The van der Waals surface area contributed by atoms with E-state index in [4.69, 9.17) is 0 Å². The number of nitrogens with zero attached hydrogens (tertiary/aromatic N) is 7. The van der Waals surface area contributed by atoms with E-state index in [1.165, 1.54) is 35.0 Å². The van der Waals surface area contributed by atoms with Crippen molar-refractivity contribution in [2.24, 2.45) is 0 Å². The van der Waals surface area contributed by atoms with Gasteiger partial charge in [-0.2, -0.15) is 5.10 Å². The number of piperazine rings is 1. The van der Waals surface area contributed by atoms with Crippen molar-refractivity contribution in [1.29, 1.82) is 0 Å². The standard InChI is InChI=1S/C18H19F4N7O3S2/c1-26(9-14(19)20)18(30)28-4-2-27(3-5-28)12-6-10(34(31)32)7-13-11(12)8-23-29(13)17-25-24-16(33-17)15(21)22/h6-8,14-15,34H,2-5,9H2,1H3. The highest BCUT2D eigenvalue weighted by molar-refractivity contribution is 7.72. The van der Waals surface area contributed by atoms with Crippen LogP contribution < -0.4 is 4.90 Å². The van der Waals surface area contributed by atoms with E-state index < -0.39 is 41.1 Å². The van der Waals surface area contributed by atoms with Crippen LogP contribution in [0.5, 0.6) is 0 Å². The van der Waals surface area contributed by atoms with E-state index in [0.717, 1.165) is 4.90 Å². The van der Waals surface area contributed by atoms with Crippen LogP contribution in [0.25, 0.3) is 16.0 Å². The molecule has 2 aromatic heterocycles. The van der Waals surface area contributed by atoms with Crippen LogP contribution in [0.2, 0.25) is 0 Å². The fraction of sp³-hybridized carbons (Fsp3) is 0.444. The van der Waals surface area contributed by atoms with Crippen molar-refractivity contribution >= 4 is 44.7 Å². The Kier molecular flexibility index (Phi) is 6.88. The monoisotopic (exact) mass is 521 g/mol. The molecular weight excluding hydrogens is 502 g/mol. The van der Waals surface area contributed by atoms with Crippen molar-refractivity contribution in [2.75, 3.05) is 44.7 Å². The third-order valence-electron chi connectivity index (χ3n) is 5.29. The van der Waals surface area contributed by atoms with Gasteiger partial charge in [0.2, 0.25) is 5.13 Å². The third-order valence-corrected chi connectivity index (χ3v) is 6.88. The molecule has 0 atom stereocenters. The van der Waals surface area contributed by atoms with Crippen molar-refractivity contribution < 1.29 is 30.8 Å². The molecule has 4 rings (SSSR count). The number of aromatic nitrogens is 4. The molecule has 10 nitrogen and oxygen atoms in total. The molecule has 1 fully saturated rings. The van der Waals surface area contributed by atoms with Gasteiger partial charge < -0.3 is 14.7 Å². The molecule has 0 bridgehead atoms. The first-order valence-electron chi connectivity index (χ1n) is 9.97. The first kappa shape index (κ1) is 24.1. The quantitative estimate of drug-likeness (QED) is 0.392. The number of hydrogen-bond donors (Lipinski definition) is 1. The molecule has 1 aliphatic heterocycles. The zero-order valence-corrected chi connectivity index (χ0v) is 19.4. The second kappa shape index (κ2) is 9.69. The van der Waals surface area contributed by atoms with Crippen molar-refractivity contribution in [2.45, 2.75) is 17.7 Å². The van der Waals surface area contributed by atoms with Gasteiger partial charge in [0.1, 0.15) is 0 Å². The second-order valence-corrected chi connectivity index (χ2v) is 9.48. The largest absolute Gasteiger partial charge is 0.367 e. The van der Waals surface area contributed by atoms with Gasteiger partial charge in [-0.3, -0.25) is 0 Å². The highest BCUT2D eigenvalue weighted by Gasteiger charge is 2.27. The number of hydrogen-bond acceptors (Lipinski definition) is 8. The number of carbonyl (C=O) groups is 1. The molecule has 3 aromatic rings. The second-order valence-electron chi connectivity index (χ2n) is 7.46. The van der Waals surface area contributed by atoms with Crippen molar-refractivity contribution in [1.82, 2.24) is 29.8 Å². The third kappa shape index (κ3) is 4.77. The summed E-state index contributed by atoms with van der Waals surface area (Å²) < 4.78 is 75.9. The Bertz CT molecular complexity index is 1260. The maximum atomic E-state index is 12.9. The van der Waals surface area contributed by atoms with Crippen molar-refractivity contribution in [3.05, 3.63) is 23.3 Å². The molecular formula is C18H19F4N7O3S2. The van der Waals surface area contributed by atoms with Gasteiger partial charge in [0.15, 0.2) is 15.7 Å². The summed E-state index contributed by atoms with van der Waals surface area (Å²) in [5, 5.41) is 11.5. The first-order chi connectivity index (χ1) is 16.2. The maximum Gasteiger partial charge on any atom is 0.320 e. The topological polar surface area (TPSA) is 105 Å². The van der Waals surface area contributed by atoms with E-state index in [1.54, 1.807) is 0 Å². The van der Waals surface area contributed by atoms with E-state index in [0.29, 0.717) is 41.0 Å². The number of carbonyl (C=O) groups excluding carboxylic acids is 1. The molecule has 16 heteroatoms. The number of fused-ring (bicyclic) bond motifs is 1. The fourth-order valence-electron chi connectivity index (χ4n) is 3.68. The van der Waals surface area contributed by atoms with Gasteiger partial charge in [-0.15, -0.1) is 10.2 Å². The minimum atomic E-state index is -2.97. The number of benzene rings is 1. The summed E-state index contributed by atoms with van der Waals surface area (Å²) in [5.41, 5.74) is 0.878. The van der Waals surface area contributed by atoms with Crippen LogP contribution in [0, 0.1) is 0 Å². The summed E-state index contributed by atoms with van der Waals surface area (Å²) >= 11 is 0.641. The summed E-state index contributed by atoms with van der Waals surface area (Å²) in [6.45, 7) is 0.453. The lowest BCUT2D eigenvalue weighted by molar-refractivity contribution is 0.0941. The zero-order chi connectivity index (χ0) is 24.6. The lowest BCUT2D eigenvalue weighted by atomic mass is 10.1. The van der Waals surface area contributed by atoms with Crippen LogP contribution in [-0.2, 0) is 10.7 Å². The Hall–Kier alpha value is -3.01. The van der Waals surface area contributed by atoms with Crippen molar-refractivity contribution in [3.63, 3.8) is 0 Å². The Morgan fingerprint density at radius 2 is 1.85 bits per heavy atom. The number of anilines is 1. The van der Waals surface area contributed by atoms with Gasteiger partial charge in [-0.25, -0.2) is 35.5 Å². The van der Waals surface area contributed by atoms with Crippen molar-refractivity contribution in [3.8, 4) is 5.13 Å². The minimum Gasteiger partial charge on any atom is -0.367 e. The van der Waals surface area contributed by atoms with E-state index in [9.17, 15) is 30.8 Å². The van der Waals surface area contributed by atoms with Gasteiger partial charge in [0, 0.05) is 44.3 Å². The van der Waals surface area contributed by atoms with Gasteiger partial charge in [-0.05, 0) is 12.1 Å². The molecule has 0 aliphatic carbocycles. The van der Waals surface area contributed by atoms with E-state index >= 15 is 0 Å². The zero-order valence-electron chi connectivity index (χ0n) is 17.6. The molecule has 0 unspecified atom stereocenters. The summed E-state index contributed by atoms with van der Waals surface area (Å²) in [6, 6.07) is 2.34. The van der Waals surface area contributed by atoms with Gasteiger partial charge in [-0.1, -0.05) is 11.3 Å². The maximum absolute atomic E-state index is 12.9. The average Bonchev–Trinajstić information content (AvgIpc) is 3.44. The van der Waals surface area contributed by atoms with Gasteiger partial charge >= 0.3 is 6.03 Å². The summed E-state index contributed by atoms with van der Waals surface area (Å²) in [4.78, 5) is 16.6. The predicted octanol–water partition coefficient (Wildman–Crippen LogP) is 2.22. The Balaban J connectivity index is 1.63. The smallest absolute Gasteiger partial charge is 0.320 e. The summed E-state index contributed by atoms with van der Waals surface area (Å²) in [5.74, 6) is 0. The first-order valence-corrected chi connectivity index (χ1v) is 12.0. The predicted molar refractivity (Wildman–Crippen MR) is 116 cm³/mol.